The van der Waals surface area contributed by atoms with Crippen LogP contribution in [-0.2, 0) is 11.3 Å². The van der Waals surface area contributed by atoms with Crippen molar-refractivity contribution in [3.05, 3.63) is 0 Å². The molecule has 0 amide bonds. The van der Waals surface area contributed by atoms with Gasteiger partial charge in [0, 0.05) is 0 Å². The number of carboxylic acids is 1. The van der Waals surface area contributed by atoms with E-state index in [2.05, 4.69) is 33.3 Å². The Morgan fingerprint density at radius 2 is 2.38 bits per heavy atom. The van der Waals surface area contributed by atoms with Gasteiger partial charge in [-0.05, 0) is 10.4 Å². The number of hydrogen-bond donors (Lipinski definition) is 3. The third-order valence-corrected chi connectivity index (χ3v) is 1.50. The Kier molecular flexibility index (Phi) is 2.80. The van der Waals surface area contributed by atoms with Gasteiger partial charge < -0.3 is 10.3 Å². The van der Waals surface area contributed by atoms with E-state index in [1.165, 1.54) is 0 Å². The SMILES string of the molecule is O=C(O)/C(Cn1nnnc1S)=N/O. The maximum Gasteiger partial charge on any atom is 0.355 e. The Labute approximate surface area is 77.3 Å². The van der Waals surface area contributed by atoms with Gasteiger partial charge in [-0.3, -0.25) is 0 Å². The maximum atomic E-state index is 10.4. The van der Waals surface area contributed by atoms with Crippen LogP contribution >= 0.6 is 12.6 Å². The van der Waals surface area contributed by atoms with Crippen molar-refractivity contribution in [1.29, 1.82) is 0 Å². The standard InChI is InChI=1S/C4H5N5O3S/c10-3(11)2(6-12)1-9-4(13)5-7-8-9/h12H,1H2,(H,10,11)(H,5,8,13)/b6-2+. The van der Waals surface area contributed by atoms with Gasteiger partial charge in [-0.25, -0.2) is 9.48 Å². The number of aliphatic carboxylic acids is 1. The molecular weight excluding hydrogens is 198 g/mol. The zero-order chi connectivity index (χ0) is 9.84. The molecule has 2 N–H and O–H groups in total. The first kappa shape index (κ1) is 9.45. The summed E-state index contributed by atoms with van der Waals surface area (Å²) in [6.45, 7) is -0.238. The molecule has 0 bridgehead atoms. The van der Waals surface area contributed by atoms with E-state index >= 15 is 0 Å². The van der Waals surface area contributed by atoms with Crippen LogP contribution in [0, 0.1) is 0 Å². The fourth-order valence-electron chi connectivity index (χ4n) is 0.586. The van der Waals surface area contributed by atoms with Gasteiger partial charge in [-0.2, -0.15) is 0 Å². The molecule has 0 atom stereocenters. The van der Waals surface area contributed by atoms with Crippen molar-refractivity contribution in [2.75, 3.05) is 0 Å². The van der Waals surface area contributed by atoms with E-state index in [9.17, 15) is 4.79 Å². The van der Waals surface area contributed by atoms with Crippen LogP contribution in [0.1, 0.15) is 0 Å². The van der Waals surface area contributed by atoms with Crippen LogP contribution in [0.5, 0.6) is 0 Å². The van der Waals surface area contributed by atoms with Crippen molar-refractivity contribution in [2.45, 2.75) is 11.7 Å². The normalized spacial score (nSPS) is 11.6. The molecule has 0 aliphatic heterocycles. The van der Waals surface area contributed by atoms with Crippen LogP contribution in [0.15, 0.2) is 10.3 Å². The predicted molar refractivity (Wildman–Crippen MR) is 41.9 cm³/mol. The van der Waals surface area contributed by atoms with Crippen LogP contribution in [0.2, 0.25) is 0 Å². The van der Waals surface area contributed by atoms with Gasteiger partial charge in [0.2, 0.25) is 5.16 Å². The number of aromatic nitrogens is 4. The third-order valence-electron chi connectivity index (χ3n) is 1.18. The average molecular weight is 203 g/mol. The number of thiol groups is 1. The predicted octanol–water partition coefficient (Wildman–Crippen LogP) is -1.12. The number of rotatable bonds is 3. The molecule has 13 heavy (non-hydrogen) atoms. The lowest BCUT2D eigenvalue weighted by Gasteiger charge is -1.98. The lowest BCUT2D eigenvalue weighted by Crippen LogP contribution is -2.21. The van der Waals surface area contributed by atoms with Crippen molar-refractivity contribution in [1.82, 2.24) is 20.2 Å². The van der Waals surface area contributed by atoms with E-state index in [4.69, 9.17) is 10.3 Å². The van der Waals surface area contributed by atoms with Crippen LogP contribution < -0.4 is 0 Å². The zero-order valence-corrected chi connectivity index (χ0v) is 7.09. The second kappa shape index (κ2) is 3.85. The largest absolute Gasteiger partial charge is 0.477 e. The monoisotopic (exact) mass is 203 g/mol. The van der Waals surface area contributed by atoms with Crippen molar-refractivity contribution < 1.29 is 15.1 Å². The Morgan fingerprint density at radius 1 is 1.69 bits per heavy atom. The zero-order valence-electron chi connectivity index (χ0n) is 6.19. The number of carboxylic acid groups (broad SMARTS) is 1. The van der Waals surface area contributed by atoms with Crippen molar-refractivity contribution in [3.63, 3.8) is 0 Å². The molecule has 0 fully saturated rings. The van der Waals surface area contributed by atoms with Gasteiger partial charge in [-0.1, -0.05) is 5.16 Å². The molecule has 9 heteroatoms. The molecule has 1 rings (SSSR count). The first-order valence-corrected chi connectivity index (χ1v) is 3.49. The van der Waals surface area contributed by atoms with E-state index in [-0.39, 0.29) is 11.7 Å². The summed E-state index contributed by atoms with van der Waals surface area (Å²) in [6.07, 6.45) is 0. The summed E-state index contributed by atoms with van der Waals surface area (Å²) in [7, 11) is 0. The molecule has 1 aromatic heterocycles. The second-order valence-corrected chi connectivity index (χ2v) is 2.39. The molecule has 0 aliphatic carbocycles. The Morgan fingerprint density at radius 3 is 2.77 bits per heavy atom. The molecule has 0 aliphatic rings. The third kappa shape index (κ3) is 2.15. The Hall–Kier alpha value is -1.64. The topological polar surface area (TPSA) is 113 Å². The number of nitrogens with zero attached hydrogens (tertiary/aromatic N) is 5. The molecule has 1 aromatic rings. The first-order valence-electron chi connectivity index (χ1n) is 3.04. The molecule has 0 unspecified atom stereocenters. The van der Waals surface area contributed by atoms with E-state index in [1.54, 1.807) is 0 Å². The van der Waals surface area contributed by atoms with Crippen LogP contribution in [-0.4, -0.2) is 42.2 Å². The van der Waals surface area contributed by atoms with Gasteiger partial charge >= 0.3 is 5.97 Å². The van der Waals surface area contributed by atoms with Crippen molar-refractivity contribution in [3.8, 4) is 0 Å². The van der Waals surface area contributed by atoms with E-state index in [0.717, 1.165) is 4.68 Å². The van der Waals surface area contributed by atoms with E-state index in [1.807, 2.05) is 0 Å². The minimum atomic E-state index is -1.34. The number of oxime groups is 1. The fourth-order valence-corrected chi connectivity index (χ4v) is 0.737. The molecule has 70 valence electrons. The molecule has 1 heterocycles. The molecule has 8 nitrogen and oxygen atoms in total. The number of tetrazole rings is 1. The van der Waals surface area contributed by atoms with Gasteiger partial charge in [0.25, 0.3) is 0 Å². The fraction of sp³-hybridized carbons (Fsp3) is 0.250. The average Bonchev–Trinajstić information content (AvgIpc) is 2.46. The van der Waals surface area contributed by atoms with Crippen LogP contribution in [0.4, 0.5) is 0 Å². The van der Waals surface area contributed by atoms with Crippen molar-refractivity contribution >= 4 is 24.3 Å². The molecule has 0 saturated carbocycles. The molecule has 0 aromatic carbocycles. The highest BCUT2D eigenvalue weighted by Crippen LogP contribution is 1.97. The number of hydrogen-bond acceptors (Lipinski definition) is 7. The summed E-state index contributed by atoms with van der Waals surface area (Å²) < 4.78 is 1.08. The van der Waals surface area contributed by atoms with Crippen molar-refractivity contribution in [2.24, 2.45) is 5.16 Å². The highest BCUT2D eigenvalue weighted by molar-refractivity contribution is 7.80. The maximum absolute atomic E-state index is 10.4. The Balaban J connectivity index is 2.80. The van der Waals surface area contributed by atoms with Crippen LogP contribution in [0.25, 0.3) is 0 Å². The Bertz CT molecular complexity index is 347. The van der Waals surface area contributed by atoms with E-state index < -0.39 is 11.7 Å². The molecular formula is C4H5N5O3S. The van der Waals surface area contributed by atoms with Gasteiger partial charge in [-0.15, -0.1) is 17.7 Å². The van der Waals surface area contributed by atoms with Gasteiger partial charge in [0.1, 0.15) is 0 Å². The summed E-state index contributed by atoms with van der Waals surface area (Å²) in [5, 5.41) is 29.5. The summed E-state index contributed by atoms with van der Waals surface area (Å²) >= 11 is 3.83. The highest BCUT2D eigenvalue weighted by atomic mass is 32.1. The summed E-state index contributed by atoms with van der Waals surface area (Å²) in [5.41, 5.74) is -0.470. The molecule has 0 spiro atoms. The summed E-state index contributed by atoms with van der Waals surface area (Å²) in [6, 6.07) is 0. The van der Waals surface area contributed by atoms with Gasteiger partial charge in [0.15, 0.2) is 5.71 Å². The molecule has 0 radical (unpaired) electrons. The molecule has 0 saturated heterocycles. The summed E-state index contributed by atoms with van der Waals surface area (Å²) in [4.78, 5) is 10.4. The van der Waals surface area contributed by atoms with E-state index in [0.29, 0.717) is 0 Å². The van der Waals surface area contributed by atoms with Crippen LogP contribution in [0.3, 0.4) is 0 Å². The minimum Gasteiger partial charge on any atom is -0.477 e. The lowest BCUT2D eigenvalue weighted by molar-refractivity contribution is -0.129. The van der Waals surface area contributed by atoms with Gasteiger partial charge in [0.05, 0.1) is 6.54 Å². The number of carbonyl (C=O) groups is 1. The summed E-state index contributed by atoms with van der Waals surface area (Å²) in [5.74, 6) is -1.34. The second-order valence-electron chi connectivity index (χ2n) is 1.99. The highest BCUT2D eigenvalue weighted by Gasteiger charge is 2.13. The minimum absolute atomic E-state index is 0.141. The smallest absolute Gasteiger partial charge is 0.355 e. The lowest BCUT2D eigenvalue weighted by atomic mass is 10.4. The first-order chi connectivity index (χ1) is 6.15. The quantitative estimate of drug-likeness (QED) is 0.248.